The largest absolute Gasteiger partial charge is 0.339 e. The van der Waals surface area contributed by atoms with Crippen LogP contribution in [0.5, 0.6) is 0 Å². The Morgan fingerprint density at radius 3 is 2.77 bits per heavy atom. The zero-order valence-electron chi connectivity index (χ0n) is 14.5. The molecule has 1 aliphatic rings. The molecule has 0 aliphatic carbocycles. The molecule has 3 amide bonds. The molecule has 2 N–H and O–H groups in total. The maximum absolute atomic E-state index is 12.5. The van der Waals surface area contributed by atoms with Crippen LogP contribution in [0.2, 0.25) is 5.02 Å². The number of halogens is 1. The van der Waals surface area contributed by atoms with Gasteiger partial charge in [-0.25, -0.2) is 9.69 Å². The molecule has 2 atom stereocenters. The Morgan fingerprint density at radius 2 is 2.08 bits per heavy atom. The molecule has 2 aromatic rings. The van der Waals surface area contributed by atoms with Gasteiger partial charge >= 0.3 is 6.03 Å². The first-order valence-electron chi connectivity index (χ1n) is 8.36. The summed E-state index contributed by atoms with van der Waals surface area (Å²) in [6.07, 6.45) is 1.45. The van der Waals surface area contributed by atoms with Crippen molar-refractivity contribution in [1.82, 2.24) is 20.8 Å². The number of nitrogens with zero attached hydrogens (tertiary/aromatic N) is 3. The number of nitrogens with one attached hydrogen (secondary N) is 2. The smallest absolute Gasteiger partial charge is 0.329 e. The van der Waals surface area contributed by atoms with E-state index in [1.165, 1.54) is 0 Å². The number of imide groups is 1. The Labute approximate surface area is 155 Å². The number of carbonyl (C=O) groups is 2. The van der Waals surface area contributed by atoms with E-state index < -0.39 is 12.1 Å². The van der Waals surface area contributed by atoms with Gasteiger partial charge in [-0.15, -0.1) is 0 Å². The van der Waals surface area contributed by atoms with Crippen LogP contribution < -0.4 is 15.5 Å². The number of anilines is 1. The quantitative estimate of drug-likeness (QED) is 0.715. The van der Waals surface area contributed by atoms with E-state index in [0.29, 0.717) is 41.7 Å². The molecule has 138 valence electrons. The van der Waals surface area contributed by atoms with Gasteiger partial charge in [-0.1, -0.05) is 16.8 Å². The lowest BCUT2D eigenvalue weighted by atomic mass is 10.1. The summed E-state index contributed by atoms with van der Waals surface area (Å²) in [7, 11) is 1.87. The van der Waals surface area contributed by atoms with Crippen LogP contribution in [0.25, 0.3) is 0 Å². The highest BCUT2D eigenvalue weighted by Gasteiger charge is 2.38. The van der Waals surface area contributed by atoms with Crippen LogP contribution in [0.1, 0.15) is 25.1 Å². The number of aromatic nitrogens is 2. The van der Waals surface area contributed by atoms with Crippen LogP contribution in [0, 0.1) is 0 Å². The lowest BCUT2D eigenvalue weighted by Crippen LogP contribution is -2.31. The van der Waals surface area contributed by atoms with Crippen molar-refractivity contribution in [3.63, 3.8) is 0 Å². The molecule has 2 unspecified atom stereocenters. The van der Waals surface area contributed by atoms with E-state index in [1.54, 1.807) is 24.3 Å². The topological polar surface area (TPSA) is 100 Å². The average Bonchev–Trinajstić information content (AvgIpc) is 3.18. The van der Waals surface area contributed by atoms with E-state index in [0.717, 1.165) is 4.90 Å². The summed E-state index contributed by atoms with van der Waals surface area (Å²) in [6, 6.07) is 5.71. The van der Waals surface area contributed by atoms with Crippen LogP contribution in [0.15, 0.2) is 28.8 Å². The highest BCUT2D eigenvalue weighted by Crippen LogP contribution is 2.23. The van der Waals surface area contributed by atoms with Crippen LogP contribution in [0.4, 0.5) is 10.5 Å². The highest BCUT2D eigenvalue weighted by molar-refractivity contribution is 6.30. The second-order valence-electron chi connectivity index (χ2n) is 6.19. The molecule has 9 heteroatoms. The van der Waals surface area contributed by atoms with Crippen LogP contribution >= 0.6 is 11.6 Å². The molecule has 8 nitrogen and oxygen atoms in total. The van der Waals surface area contributed by atoms with Crippen molar-refractivity contribution in [3.8, 4) is 0 Å². The summed E-state index contributed by atoms with van der Waals surface area (Å²) in [5.74, 6) is 0.766. The van der Waals surface area contributed by atoms with Crippen LogP contribution in [-0.2, 0) is 17.6 Å². The number of urea groups is 1. The van der Waals surface area contributed by atoms with Crippen molar-refractivity contribution in [2.75, 3.05) is 11.9 Å². The molecule has 0 saturated carbocycles. The van der Waals surface area contributed by atoms with Gasteiger partial charge in [0.15, 0.2) is 5.82 Å². The molecule has 2 heterocycles. The Kier molecular flexibility index (Phi) is 5.53. The van der Waals surface area contributed by atoms with Crippen molar-refractivity contribution in [2.45, 2.75) is 38.3 Å². The molecule has 0 bridgehead atoms. The third kappa shape index (κ3) is 4.03. The van der Waals surface area contributed by atoms with Crippen molar-refractivity contribution in [3.05, 3.63) is 41.0 Å². The highest BCUT2D eigenvalue weighted by atomic mass is 35.5. The summed E-state index contributed by atoms with van der Waals surface area (Å²) in [4.78, 5) is 30.1. The summed E-state index contributed by atoms with van der Waals surface area (Å²) >= 11 is 5.85. The second kappa shape index (κ2) is 7.84. The summed E-state index contributed by atoms with van der Waals surface area (Å²) in [5.41, 5.74) is 0.487. The number of hydrogen-bond donors (Lipinski definition) is 2. The predicted octanol–water partition coefficient (Wildman–Crippen LogP) is 1.93. The standard InChI is InChI=1S/C17H20ClN5O3/c1-10(19-2)9-14-21-15(26-22-14)8-7-13-16(24)23(17(25)20-13)12-5-3-11(18)4-6-12/h3-6,10,13,19H,7-9H2,1-2H3,(H,20,25). The molecular weight excluding hydrogens is 358 g/mol. The van der Waals surface area contributed by atoms with E-state index in [4.69, 9.17) is 16.1 Å². The van der Waals surface area contributed by atoms with E-state index in [1.807, 2.05) is 14.0 Å². The van der Waals surface area contributed by atoms with Gasteiger partial charge in [0.2, 0.25) is 5.89 Å². The number of rotatable bonds is 7. The van der Waals surface area contributed by atoms with E-state index >= 15 is 0 Å². The lowest BCUT2D eigenvalue weighted by Gasteiger charge is -2.12. The molecule has 0 radical (unpaired) electrons. The molecule has 0 spiro atoms. The van der Waals surface area contributed by atoms with Gasteiger partial charge in [-0.2, -0.15) is 4.98 Å². The number of likely N-dealkylation sites (N-methyl/N-ethyl adjacent to an activating group) is 1. The Hall–Kier alpha value is -2.45. The third-order valence-corrected chi connectivity index (χ3v) is 4.49. The first-order chi connectivity index (χ1) is 12.5. The lowest BCUT2D eigenvalue weighted by molar-refractivity contribution is -0.118. The number of hydrogen-bond acceptors (Lipinski definition) is 6. The number of carbonyl (C=O) groups excluding carboxylic acids is 2. The molecular formula is C17H20ClN5O3. The van der Waals surface area contributed by atoms with Gasteiger partial charge in [-0.3, -0.25) is 4.79 Å². The summed E-state index contributed by atoms with van der Waals surface area (Å²) in [5, 5.41) is 10.3. The van der Waals surface area contributed by atoms with E-state index in [-0.39, 0.29) is 11.9 Å². The van der Waals surface area contributed by atoms with Crippen molar-refractivity contribution in [2.24, 2.45) is 0 Å². The summed E-state index contributed by atoms with van der Waals surface area (Å²) < 4.78 is 5.22. The zero-order valence-corrected chi connectivity index (χ0v) is 15.3. The normalized spacial score (nSPS) is 18.3. The summed E-state index contributed by atoms with van der Waals surface area (Å²) in [6.45, 7) is 2.02. The van der Waals surface area contributed by atoms with Crippen molar-refractivity contribution >= 4 is 29.2 Å². The molecule has 1 aromatic heterocycles. The van der Waals surface area contributed by atoms with Gasteiger partial charge in [-0.05, 0) is 44.7 Å². The first kappa shape index (κ1) is 18.3. The SMILES string of the molecule is CNC(C)Cc1noc(CCC2NC(=O)N(c3ccc(Cl)cc3)C2=O)n1. The van der Waals surface area contributed by atoms with Gasteiger partial charge in [0.1, 0.15) is 6.04 Å². The maximum atomic E-state index is 12.5. The molecule has 1 aliphatic heterocycles. The third-order valence-electron chi connectivity index (χ3n) is 4.24. The minimum Gasteiger partial charge on any atom is -0.339 e. The van der Waals surface area contributed by atoms with Crippen molar-refractivity contribution < 1.29 is 14.1 Å². The van der Waals surface area contributed by atoms with Gasteiger partial charge in [0.25, 0.3) is 5.91 Å². The fourth-order valence-corrected chi connectivity index (χ4v) is 2.81. The molecule has 1 aromatic carbocycles. The minimum atomic E-state index is -0.621. The van der Waals surface area contributed by atoms with E-state index in [9.17, 15) is 9.59 Å². The first-order valence-corrected chi connectivity index (χ1v) is 8.74. The Balaban J connectivity index is 1.60. The van der Waals surface area contributed by atoms with Gasteiger partial charge in [0, 0.05) is 23.9 Å². The average molecular weight is 378 g/mol. The second-order valence-corrected chi connectivity index (χ2v) is 6.63. The predicted molar refractivity (Wildman–Crippen MR) is 96.1 cm³/mol. The fourth-order valence-electron chi connectivity index (χ4n) is 2.68. The molecule has 1 saturated heterocycles. The number of benzene rings is 1. The van der Waals surface area contributed by atoms with Crippen molar-refractivity contribution in [1.29, 1.82) is 0 Å². The maximum Gasteiger partial charge on any atom is 0.329 e. The van der Waals surface area contributed by atoms with E-state index in [2.05, 4.69) is 20.8 Å². The molecule has 1 fully saturated rings. The minimum absolute atomic E-state index is 0.240. The van der Waals surface area contributed by atoms with Crippen LogP contribution in [0.3, 0.4) is 0 Å². The van der Waals surface area contributed by atoms with Crippen LogP contribution in [-0.4, -0.2) is 41.2 Å². The monoisotopic (exact) mass is 377 g/mol. The Bertz CT molecular complexity index is 792. The molecule has 3 rings (SSSR count). The number of amides is 3. The Morgan fingerprint density at radius 1 is 1.35 bits per heavy atom. The zero-order chi connectivity index (χ0) is 18.7. The van der Waals surface area contributed by atoms with Gasteiger partial charge in [0.05, 0.1) is 5.69 Å². The molecule has 26 heavy (non-hydrogen) atoms. The number of aryl methyl sites for hydroxylation is 1. The van der Waals surface area contributed by atoms with Gasteiger partial charge < -0.3 is 15.2 Å². The fraction of sp³-hybridized carbons (Fsp3) is 0.412.